The van der Waals surface area contributed by atoms with E-state index in [4.69, 9.17) is 10.8 Å². The van der Waals surface area contributed by atoms with Crippen molar-refractivity contribution in [2.24, 2.45) is 5.73 Å². The summed E-state index contributed by atoms with van der Waals surface area (Å²) >= 11 is 0. The third kappa shape index (κ3) is 2.31. The molecule has 4 nitrogen and oxygen atoms in total. The van der Waals surface area contributed by atoms with Crippen molar-refractivity contribution in [1.29, 1.82) is 0 Å². The Morgan fingerprint density at radius 2 is 2.14 bits per heavy atom. The smallest absolute Gasteiger partial charge is 0.249 e. The molecule has 1 rings (SSSR count). The summed E-state index contributed by atoms with van der Waals surface area (Å²) in [5.41, 5.74) is 5.80. The number of rotatable bonds is 4. The quantitative estimate of drug-likeness (QED) is 0.631. The second-order valence-electron chi connectivity index (χ2n) is 2.81. The van der Waals surface area contributed by atoms with Gasteiger partial charge in [0.1, 0.15) is 0 Å². The van der Waals surface area contributed by atoms with E-state index < -0.39 is 12.0 Å². The summed E-state index contributed by atoms with van der Waals surface area (Å²) in [5, 5.41) is 18.1. The molecule has 0 bridgehead atoms. The van der Waals surface area contributed by atoms with E-state index in [0.29, 0.717) is 5.56 Å². The zero-order valence-electron chi connectivity index (χ0n) is 7.55. The summed E-state index contributed by atoms with van der Waals surface area (Å²) in [7, 11) is 0. The maximum absolute atomic E-state index is 11.0. The van der Waals surface area contributed by atoms with Gasteiger partial charge in [0, 0.05) is 18.6 Å². The van der Waals surface area contributed by atoms with Gasteiger partial charge in [-0.25, -0.2) is 0 Å². The lowest BCUT2D eigenvalue weighted by atomic mass is 10.0. The lowest BCUT2D eigenvalue weighted by molar-refractivity contribution is 0.0993. The summed E-state index contributed by atoms with van der Waals surface area (Å²) in [6.07, 6.45) is 0.311. The van der Waals surface area contributed by atoms with Gasteiger partial charge in [-0.3, -0.25) is 4.79 Å². The number of aliphatic hydroxyl groups excluding tert-OH is 2. The Bertz CT molecular complexity index is 325. The largest absolute Gasteiger partial charge is 0.396 e. The maximum Gasteiger partial charge on any atom is 0.249 e. The molecule has 0 aromatic heterocycles. The van der Waals surface area contributed by atoms with Gasteiger partial charge < -0.3 is 15.9 Å². The van der Waals surface area contributed by atoms with Crippen LogP contribution in [0.3, 0.4) is 0 Å². The molecule has 0 aliphatic carbocycles. The van der Waals surface area contributed by atoms with Crippen LogP contribution in [0, 0.1) is 6.42 Å². The van der Waals surface area contributed by atoms with E-state index in [0.717, 1.165) is 0 Å². The molecule has 75 valence electrons. The number of primary amides is 1. The first-order chi connectivity index (χ1) is 6.66. The van der Waals surface area contributed by atoms with Crippen molar-refractivity contribution in [2.75, 3.05) is 6.61 Å². The number of hydrogen-bond donors (Lipinski definition) is 3. The van der Waals surface area contributed by atoms with Crippen molar-refractivity contribution >= 4 is 5.91 Å². The van der Waals surface area contributed by atoms with Gasteiger partial charge in [-0.15, -0.1) is 0 Å². The van der Waals surface area contributed by atoms with Crippen LogP contribution in [0.1, 0.15) is 22.0 Å². The van der Waals surface area contributed by atoms with Crippen LogP contribution in [0.15, 0.2) is 24.3 Å². The van der Waals surface area contributed by atoms with Gasteiger partial charge in [-0.1, -0.05) is 18.2 Å². The summed E-state index contributed by atoms with van der Waals surface area (Å²) < 4.78 is 0. The third-order valence-electron chi connectivity index (χ3n) is 1.87. The lowest BCUT2D eigenvalue weighted by Gasteiger charge is -2.11. The van der Waals surface area contributed by atoms with Crippen molar-refractivity contribution in [3.8, 4) is 0 Å². The number of nitrogens with two attached hydrogens (primary N) is 1. The van der Waals surface area contributed by atoms with Gasteiger partial charge in [-0.2, -0.15) is 0 Å². The van der Waals surface area contributed by atoms with Gasteiger partial charge in [0.15, 0.2) is 0 Å². The summed E-state index contributed by atoms with van der Waals surface area (Å²) in [4.78, 5) is 11.0. The first-order valence-electron chi connectivity index (χ1n) is 4.17. The van der Waals surface area contributed by atoms with Crippen LogP contribution in [0.4, 0.5) is 0 Å². The molecular formula is C10H12NO3. The average molecular weight is 194 g/mol. The number of aliphatic hydroxyl groups is 2. The molecule has 1 unspecified atom stereocenters. The van der Waals surface area contributed by atoms with E-state index in [2.05, 4.69) is 0 Å². The molecule has 0 spiro atoms. The molecule has 0 aliphatic heterocycles. The fraction of sp³-hybridized carbons (Fsp3) is 0.200. The monoisotopic (exact) mass is 194 g/mol. The second kappa shape index (κ2) is 4.74. The number of carbonyl (C=O) groups is 1. The highest BCUT2D eigenvalue weighted by atomic mass is 16.3. The number of amides is 1. The predicted octanol–water partition coefficient (Wildman–Crippen LogP) is 0.0155. The van der Waals surface area contributed by atoms with Crippen LogP contribution in [-0.2, 0) is 0 Å². The van der Waals surface area contributed by atoms with Gasteiger partial charge in [0.25, 0.3) is 0 Å². The van der Waals surface area contributed by atoms with Gasteiger partial charge in [0.2, 0.25) is 5.91 Å². The van der Waals surface area contributed by atoms with Gasteiger partial charge >= 0.3 is 0 Å². The number of hydrogen-bond acceptors (Lipinski definition) is 3. The third-order valence-corrected chi connectivity index (χ3v) is 1.87. The minimum absolute atomic E-state index is 0.256. The van der Waals surface area contributed by atoms with Crippen molar-refractivity contribution in [2.45, 2.75) is 6.10 Å². The normalized spacial score (nSPS) is 12.4. The SMILES string of the molecule is NC(=O)c1ccccc1C(O)[CH]CO. The average Bonchev–Trinajstić information content (AvgIpc) is 2.18. The Labute approximate surface area is 82.0 Å². The molecule has 1 aromatic carbocycles. The molecular weight excluding hydrogens is 182 g/mol. The van der Waals surface area contributed by atoms with Gasteiger partial charge in [-0.05, 0) is 11.6 Å². The maximum atomic E-state index is 11.0. The van der Waals surface area contributed by atoms with Crippen LogP contribution < -0.4 is 5.73 Å². The minimum Gasteiger partial charge on any atom is -0.396 e. The Balaban J connectivity index is 3.00. The van der Waals surface area contributed by atoms with Crippen LogP contribution in [0.5, 0.6) is 0 Å². The van der Waals surface area contributed by atoms with E-state index in [9.17, 15) is 9.90 Å². The molecule has 4 N–H and O–H groups in total. The zero-order chi connectivity index (χ0) is 10.6. The molecule has 0 saturated carbocycles. The van der Waals surface area contributed by atoms with Crippen molar-refractivity contribution < 1.29 is 15.0 Å². The molecule has 0 fully saturated rings. The lowest BCUT2D eigenvalue weighted by Crippen LogP contribution is -2.16. The topological polar surface area (TPSA) is 83.6 Å². The van der Waals surface area contributed by atoms with Crippen molar-refractivity contribution in [1.82, 2.24) is 0 Å². The first-order valence-corrected chi connectivity index (χ1v) is 4.17. The summed E-state index contributed by atoms with van der Waals surface area (Å²) in [5.74, 6) is -0.592. The predicted molar refractivity (Wildman–Crippen MR) is 51.3 cm³/mol. The fourth-order valence-electron chi connectivity index (χ4n) is 1.21. The van der Waals surface area contributed by atoms with E-state index in [1.165, 1.54) is 12.5 Å². The Kier molecular flexibility index (Phi) is 3.62. The molecule has 1 amide bonds. The Morgan fingerprint density at radius 3 is 2.71 bits per heavy atom. The highest BCUT2D eigenvalue weighted by Crippen LogP contribution is 2.19. The van der Waals surface area contributed by atoms with Crippen LogP contribution >= 0.6 is 0 Å². The molecule has 14 heavy (non-hydrogen) atoms. The Morgan fingerprint density at radius 1 is 1.50 bits per heavy atom. The first kappa shape index (κ1) is 10.7. The van der Waals surface area contributed by atoms with Crippen LogP contribution in [0.25, 0.3) is 0 Å². The highest BCUT2D eigenvalue weighted by molar-refractivity contribution is 5.94. The second-order valence-corrected chi connectivity index (χ2v) is 2.81. The van der Waals surface area contributed by atoms with E-state index in [-0.39, 0.29) is 12.2 Å². The zero-order valence-corrected chi connectivity index (χ0v) is 7.55. The summed E-state index contributed by atoms with van der Waals surface area (Å²) in [6, 6.07) is 6.48. The van der Waals surface area contributed by atoms with Crippen molar-refractivity contribution in [3.05, 3.63) is 41.8 Å². The van der Waals surface area contributed by atoms with Crippen molar-refractivity contribution in [3.63, 3.8) is 0 Å². The number of benzene rings is 1. The van der Waals surface area contributed by atoms with E-state index >= 15 is 0 Å². The number of carbonyl (C=O) groups excluding carboxylic acids is 1. The van der Waals surface area contributed by atoms with Crippen LogP contribution in [-0.4, -0.2) is 22.7 Å². The summed E-state index contributed by atoms with van der Waals surface area (Å²) in [6.45, 7) is -0.256. The minimum atomic E-state index is -0.969. The van der Waals surface area contributed by atoms with Crippen LogP contribution in [0.2, 0.25) is 0 Å². The van der Waals surface area contributed by atoms with E-state index in [1.807, 2.05) is 0 Å². The molecule has 4 heteroatoms. The molecule has 0 heterocycles. The fourth-order valence-corrected chi connectivity index (χ4v) is 1.21. The molecule has 0 aliphatic rings. The molecule has 1 radical (unpaired) electrons. The molecule has 0 saturated heterocycles. The molecule has 1 aromatic rings. The molecule has 1 atom stereocenters. The van der Waals surface area contributed by atoms with Gasteiger partial charge in [0.05, 0.1) is 6.10 Å². The van der Waals surface area contributed by atoms with E-state index in [1.54, 1.807) is 18.2 Å². The Hall–Kier alpha value is -1.39. The standard InChI is InChI=1S/C10H12NO3/c11-10(14)8-4-2-1-3-7(8)9(13)5-6-12/h1-5,9,12-13H,6H2,(H2,11,14). The highest BCUT2D eigenvalue weighted by Gasteiger charge is 2.14.